The Hall–Kier alpha value is -2.27. The maximum absolute atomic E-state index is 11.0. The summed E-state index contributed by atoms with van der Waals surface area (Å²) in [6.45, 7) is 0. The first-order valence-electron chi connectivity index (χ1n) is 7.08. The van der Waals surface area contributed by atoms with E-state index in [2.05, 4.69) is 15.6 Å². The number of aromatic nitrogens is 1. The highest BCUT2D eigenvalue weighted by atomic mass is 35.5. The molecule has 22 heavy (non-hydrogen) atoms. The quantitative estimate of drug-likeness (QED) is 0.792. The topological polar surface area (TPSA) is 74.2 Å². The van der Waals surface area contributed by atoms with Crippen molar-refractivity contribution in [2.45, 2.75) is 24.8 Å². The van der Waals surface area contributed by atoms with Gasteiger partial charge in [-0.2, -0.15) is 0 Å². The second-order valence-corrected chi connectivity index (χ2v) is 5.87. The van der Waals surface area contributed by atoms with Gasteiger partial charge >= 0.3 is 6.09 Å². The van der Waals surface area contributed by atoms with E-state index in [-0.39, 0.29) is 0 Å². The summed E-state index contributed by atoms with van der Waals surface area (Å²) in [6, 6.07) is 11.2. The molecule has 1 fully saturated rings. The van der Waals surface area contributed by atoms with E-state index in [0.29, 0.717) is 5.02 Å². The summed E-state index contributed by atoms with van der Waals surface area (Å²) in [5, 5.41) is 15.5. The average molecular weight is 318 g/mol. The van der Waals surface area contributed by atoms with Crippen LogP contribution in [0.15, 0.2) is 42.6 Å². The van der Waals surface area contributed by atoms with Crippen LogP contribution in [0.4, 0.5) is 16.2 Å². The lowest BCUT2D eigenvalue weighted by Crippen LogP contribution is -2.50. The van der Waals surface area contributed by atoms with Gasteiger partial charge in [0.1, 0.15) is 0 Å². The first kappa shape index (κ1) is 14.7. The number of hydrogen-bond donors (Lipinski definition) is 3. The molecule has 0 aliphatic heterocycles. The molecule has 1 aromatic heterocycles. The first-order valence-corrected chi connectivity index (χ1v) is 7.45. The van der Waals surface area contributed by atoms with Crippen LogP contribution >= 0.6 is 11.6 Å². The number of rotatable bonds is 4. The van der Waals surface area contributed by atoms with Crippen LogP contribution in [0, 0.1) is 0 Å². The van der Waals surface area contributed by atoms with Crippen molar-refractivity contribution in [1.29, 1.82) is 0 Å². The lowest BCUT2D eigenvalue weighted by atomic mass is 9.74. The van der Waals surface area contributed by atoms with Gasteiger partial charge in [0.2, 0.25) is 0 Å². The summed E-state index contributed by atoms with van der Waals surface area (Å²) < 4.78 is 0. The van der Waals surface area contributed by atoms with Gasteiger partial charge in [0.15, 0.2) is 0 Å². The summed E-state index contributed by atoms with van der Waals surface area (Å²) in [5.41, 5.74) is 1.94. The van der Waals surface area contributed by atoms with Crippen molar-refractivity contribution in [3.05, 3.63) is 53.3 Å². The molecular formula is C16H16ClN3O2. The Labute approximate surface area is 133 Å². The molecule has 6 heteroatoms. The van der Waals surface area contributed by atoms with Gasteiger partial charge in [-0.15, -0.1) is 0 Å². The summed E-state index contributed by atoms with van der Waals surface area (Å²) in [6.07, 6.45) is 3.27. The van der Waals surface area contributed by atoms with E-state index in [1.807, 2.05) is 36.4 Å². The molecule has 3 rings (SSSR count). The van der Waals surface area contributed by atoms with Gasteiger partial charge in [-0.25, -0.2) is 4.79 Å². The molecule has 0 bridgehead atoms. The average Bonchev–Trinajstić information content (AvgIpc) is 2.44. The first-order chi connectivity index (χ1) is 10.6. The maximum Gasteiger partial charge on any atom is 0.405 e. The molecule has 0 saturated heterocycles. The molecule has 1 heterocycles. The minimum Gasteiger partial charge on any atom is -0.465 e. The third-order valence-electron chi connectivity index (χ3n) is 3.92. The third kappa shape index (κ3) is 2.99. The molecule has 0 spiro atoms. The number of benzene rings is 1. The van der Waals surface area contributed by atoms with Crippen LogP contribution in [0.5, 0.6) is 0 Å². The Morgan fingerprint density at radius 3 is 2.59 bits per heavy atom. The van der Waals surface area contributed by atoms with Gasteiger partial charge in [0.25, 0.3) is 0 Å². The van der Waals surface area contributed by atoms with Crippen molar-refractivity contribution in [2.24, 2.45) is 0 Å². The van der Waals surface area contributed by atoms with Crippen LogP contribution < -0.4 is 10.6 Å². The molecule has 114 valence electrons. The molecule has 2 aromatic rings. The second kappa shape index (κ2) is 5.85. The summed E-state index contributed by atoms with van der Waals surface area (Å²) in [7, 11) is 0. The number of hydrogen-bond acceptors (Lipinski definition) is 3. The van der Waals surface area contributed by atoms with Crippen LogP contribution in [0.2, 0.25) is 5.02 Å². The van der Waals surface area contributed by atoms with Crippen LogP contribution in [0.1, 0.15) is 25.0 Å². The standard InChI is InChI=1S/C16H16ClN3O2/c17-11-3-1-4-12(9-11)19-13-5-6-14(18-10-13)16(7-2-8-16)20-15(21)22/h1,3-6,9-10,19-20H,2,7-8H2,(H,21,22). The molecular weight excluding hydrogens is 302 g/mol. The zero-order valence-corrected chi connectivity index (χ0v) is 12.6. The number of nitrogens with zero attached hydrogens (tertiary/aromatic N) is 1. The van der Waals surface area contributed by atoms with E-state index in [1.165, 1.54) is 0 Å². The number of amides is 1. The van der Waals surface area contributed by atoms with Gasteiger partial charge < -0.3 is 15.7 Å². The fourth-order valence-electron chi connectivity index (χ4n) is 2.66. The molecule has 0 radical (unpaired) electrons. The van der Waals surface area contributed by atoms with E-state index in [0.717, 1.165) is 36.3 Å². The maximum atomic E-state index is 11.0. The van der Waals surface area contributed by atoms with Gasteiger partial charge in [0, 0.05) is 10.7 Å². The lowest BCUT2D eigenvalue weighted by Gasteiger charge is -2.41. The van der Waals surface area contributed by atoms with Crippen molar-refractivity contribution in [2.75, 3.05) is 5.32 Å². The Kier molecular flexibility index (Phi) is 3.90. The Balaban J connectivity index is 1.76. The SMILES string of the molecule is O=C(O)NC1(c2ccc(Nc3cccc(Cl)c3)cn2)CCC1. The zero-order chi connectivity index (χ0) is 15.6. The minimum absolute atomic E-state index is 0.527. The molecule has 3 N–H and O–H groups in total. The van der Waals surface area contributed by atoms with Gasteiger partial charge in [0.05, 0.1) is 23.1 Å². The highest BCUT2D eigenvalue weighted by Gasteiger charge is 2.41. The fraction of sp³-hybridized carbons (Fsp3) is 0.250. The smallest absolute Gasteiger partial charge is 0.405 e. The van der Waals surface area contributed by atoms with E-state index in [1.54, 1.807) is 6.20 Å². The predicted octanol–water partition coefficient (Wildman–Crippen LogP) is 4.13. The Bertz CT molecular complexity index is 684. The van der Waals surface area contributed by atoms with E-state index in [9.17, 15) is 4.79 Å². The highest BCUT2D eigenvalue weighted by Crippen LogP contribution is 2.40. The van der Waals surface area contributed by atoms with Gasteiger partial charge in [-0.3, -0.25) is 4.98 Å². The molecule has 1 saturated carbocycles. The highest BCUT2D eigenvalue weighted by molar-refractivity contribution is 6.30. The molecule has 5 nitrogen and oxygen atoms in total. The largest absolute Gasteiger partial charge is 0.465 e. The second-order valence-electron chi connectivity index (χ2n) is 5.43. The molecule has 1 aliphatic carbocycles. The minimum atomic E-state index is -1.01. The molecule has 1 aromatic carbocycles. The monoisotopic (exact) mass is 317 g/mol. The number of pyridine rings is 1. The zero-order valence-electron chi connectivity index (χ0n) is 11.8. The number of nitrogens with one attached hydrogen (secondary N) is 2. The van der Waals surface area contributed by atoms with Crippen molar-refractivity contribution in [1.82, 2.24) is 10.3 Å². The van der Waals surface area contributed by atoms with Crippen LogP contribution in [0.3, 0.4) is 0 Å². The molecule has 1 aliphatic rings. The fourth-order valence-corrected chi connectivity index (χ4v) is 2.85. The van der Waals surface area contributed by atoms with Crippen LogP contribution in [-0.4, -0.2) is 16.2 Å². The van der Waals surface area contributed by atoms with Crippen LogP contribution in [0.25, 0.3) is 0 Å². The molecule has 0 atom stereocenters. The van der Waals surface area contributed by atoms with Crippen molar-refractivity contribution in [3.63, 3.8) is 0 Å². The van der Waals surface area contributed by atoms with Crippen molar-refractivity contribution in [3.8, 4) is 0 Å². The van der Waals surface area contributed by atoms with Crippen LogP contribution in [-0.2, 0) is 5.54 Å². The van der Waals surface area contributed by atoms with Crippen molar-refractivity contribution < 1.29 is 9.90 Å². The summed E-state index contributed by atoms with van der Waals surface area (Å²) >= 11 is 5.95. The number of carboxylic acid groups (broad SMARTS) is 1. The Morgan fingerprint density at radius 2 is 2.05 bits per heavy atom. The third-order valence-corrected chi connectivity index (χ3v) is 4.16. The molecule has 1 amide bonds. The predicted molar refractivity (Wildman–Crippen MR) is 85.7 cm³/mol. The number of halogens is 1. The van der Waals surface area contributed by atoms with Crippen molar-refractivity contribution >= 4 is 29.1 Å². The van der Waals surface area contributed by atoms with E-state index < -0.39 is 11.6 Å². The lowest BCUT2D eigenvalue weighted by molar-refractivity contribution is 0.141. The normalized spacial score (nSPS) is 15.7. The van der Waals surface area contributed by atoms with E-state index >= 15 is 0 Å². The van der Waals surface area contributed by atoms with Gasteiger partial charge in [-0.05, 0) is 49.6 Å². The Morgan fingerprint density at radius 1 is 1.23 bits per heavy atom. The van der Waals surface area contributed by atoms with E-state index in [4.69, 9.17) is 16.7 Å². The summed E-state index contributed by atoms with van der Waals surface area (Å²) in [4.78, 5) is 15.4. The summed E-state index contributed by atoms with van der Waals surface area (Å²) in [5.74, 6) is 0. The van der Waals surface area contributed by atoms with Gasteiger partial charge in [-0.1, -0.05) is 17.7 Å². The molecule has 0 unspecified atom stereocenters. The number of carbonyl (C=O) groups is 1. The number of anilines is 2.